The summed E-state index contributed by atoms with van der Waals surface area (Å²) >= 11 is 0. The van der Waals surface area contributed by atoms with Gasteiger partial charge in [-0.2, -0.15) is 0 Å². The van der Waals surface area contributed by atoms with Crippen LogP contribution in [0.2, 0.25) is 0 Å². The predicted octanol–water partition coefficient (Wildman–Crippen LogP) is 3.36. The Hall–Kier alpha value is -1.28. The average Bonchev–Trinajstić information content (AvgIpc) is 2.49. The molecule has 0 bridgehead atoms. The Morgan fingerprint density at radius 1 is 1.19 bits per heavy atom. The van der Waals surface area contributed by atoms with Crippen LogP contribution in [0.15, 0.2) is 24.3 Å². The molecule has 2 nitrogen and oxygen atoms in total. The molecule has 1 aromatic carbocycles. The Kier molecular flexibility index (Phi) is 2.76. The number of nitrogens with one attached hydrogen (secondary N) is 2. The van der Waals surface area contributed by atoms with Crippen molar-refractivity contribution < 1.29 is 0 Å². The summed E-state index contributed by atoms with van der Waals surface area (Å²) in [4.78, 5) is 3.42. The number of benzene rings is 1. The molecule has 0 spiro atoms. The lowest BCUT2D eigenvalue weighted by Crippen LogP contribution is -2.35. The van der Waals surface area contributed by atoms with Crippen LogP contribution in [-0.4, -0.2) is 10.5 Å². The number of rotatable bonds is 2. The van der Waals surface area contributed by atoms with Crippen molar-refractivity contribution in [1.29, 1.82) is 0 Å². The Morgan fingerprint density at radius 3 is 2.56 bits per heavy atom. The van der Waals surface area contributed by atoms with Crippen LogP contribution in [0.5, 0.6) is 0 Å². The minimum absolute atomic E-state index is 0.158. The summed E-state index contributed by atoms with van der Waals surface area (Å²) < 4.78 is 0. The van der Waals surface area contributed by atoms with Gasteiger partial charge in [-0.05, 0) is 39.3 Å². The van der Waals surface area contributed by atoms with Crippen LogP contribution in [0, 0.1) is 6.92 Å². The van der Waals surface area contributed by atoms with Gasteiger partial charge in [-0.1, -0.05) is 18.2 Å². The number of hydrogen-bond donors (Lipinski definition) is 2. The SMILES string of the molecule is Cc1[nH]c2ccccc2c1CNC(C)(C)C. The van der Waals surface area contributed by atoms with Crippen LogP contribution in [0.4, 0.5) is 0 Å². The summed E-state index contributed by atoms with van der Waals surface area (Å²) in [5.41, 5.74) is 4.03. The standard InChI is InChI=1S/C14H20N2/c1-10-12(9-15-14(2,3)4)11-7-5-6-8-13(11)16-10/h5-8,15-16H,9H2,1-4H3. The van der Waals surface area contributed by atoms with E-state index in [1.54, 1.807) is 0 Å². The zero-order valence-corrected chi connectivity index (χ0v) is 10.5. The van der Waals surface area contributed by atoms with Gasteiger partial charge in [-0.3, -0.25) is 0 Å². The van der Waals surface area contributed by atoms with Gasteiger partial charge in [0.2, 0.25) is 0 Å². The summed E-state index contributed by atoms with van der Waals surface area (Å²) in [6.45, 7) is 9.63. The first kappa shape index (κ1) is 11.2. The molecule has 0 radical (unpaired) electrons. The number of para-hydroxylation sites is 1. The molecule has 0 saturated carbocycles. The van der Waals surface area contributed by atoms with Gasteiger partial charge in [0.15, 0.2) is 0 Å². The normalized spacial score (nSPS) is 12.2. The molecule has 0 aliphatic carbocycles. The quantitative estimate of drug-likeness (QED) is 0.791. The average molecular weight is 216 g/mol. The van der Waals surface area contributed by atoms with Crippen molar-refractivity contribution in [3.63, 3.8) is 0 Å². The van der Waals surface area contributed by atoms with Crippen LogP contribution in [0.25, 0.3) is 10.9 Å². The largest absolute Gasteiger partial charge is 0.358 e. The molecule has 0 amide bonds. The van der Waals surface area contributed by atoms with Crippen molar-refractivity contribution in [2.24, 2.45) is 0 Å². The Labute approximate surface area is 97.1 Å². The maximum Gasteiger partial charge on any atom is 0.0459 e. The molecule has 2 heteroatoms. The number of fused-ring (bicyclic) bond motifs is 1. The minimum Gasteiger partial charge on any atom is -0.358 e. The number of aromatic amines is 1. The van der Waals surface area contributed by atoms with E-state index in [-0.39, 0.29) is 5.54 Å². The molecule has 86 valence electrons. The predicted molar refractivity (Wildman–Crippen MR) is 69.6 cm³/mol. The fraction of sp³-hybridized carbons (Fsp3) is 0.429. The second-order valence-electron chi connectivity index (χ2n) is 5.38. The fourth-order valence-electron chi connectivity index (χ4n) is 1.92. The molecule has 16 heavy (non-hydrogen) atoms. The minimum atomic E-state index is 0.158. The third-order valence-electron chi connectivity index (χ3n) is 2.82. The van der Waals surface area contributed by atoms with E-state index < -0.39 is 0 Å². The van der Waals surface area contributed by atoms with Gasteiger partial charge in [0.25, 0.3) is 0 Å². The summed E-state index contributed by atoms with van der Waals surface area (Å²) in [6.07, 6.45) is 0. The molecule has 1 heterocycles. The monoisotopic (exact) mass is 216 g/mol. The second-order valence-corrected chi connectivity index (χ2v) is 5.38. The summed E-state index contributed by atoms with van der Waals surface area (Å²) in [7, 11) is 0. The molecular weight excluding hydrogens is 196 g/mol. The van der Waals surface area contributed by atoms with Gasteiger partial charge >= 0.3 is 0 Å². The third-order valence-corrected chi connectivity index (χ3v) is 2.82. The van der Waals surface area contributed by atoms with Crippen molar-refractivity contribution in [1.82, 2.24) is 10.3 Å². The van der Waals surface area contributed by atoms with Gasteiger partial charge in [0, 0.05) is 28.7 Å². The van der Waals surface area contributed by atoms with Gasteiger partial charge < -0.3 is 10.3 Å². The van der Waals surface area contributed by atoms with Gasteiger partial charge in [0.05, 0.1) is 0 Å². The van der Waals surface area contributed by atoms with E-state index in [4.69, 9.17) is 0 Å². The number of aryl methyl sites for hydroxylation is 1. The first-order valence-corrected chi connectivity index (χ1v) is 5.78. The summed E-state index contributed by atoms with van der Waals surface area (Å²) in [5.74, 6) is 0. The van der Waals surface area contributed by atoms with E-state index >= 15 is 0 Å². The van der Waals surface area contributed by atoms with Crippen LogP contribution >= 0.6 is 0 Å². The van der Waals surface area contributed by atoms with E-state index in [1.165, 1.54) is 22.2 Å². The van der Waals surface area contributed by atoms with E-state index in [1.807, 2.05) is 0 Å². The maximum absolute atomic E-state index is 3.54. The van der Waals surface area contributed by atoms with E-state index in [9.17, 15) is 0 Å². The Balaban J connectivity index is 2.33. The lowest BCUT2D eigenvalue weighted by Gasteiger charge is -2.20. The van der Waals surface area contributed by atoms with Crippen molar-refractivity contribution in [3.8, 4) is 0 Å². The topological polar surface area (TPSA) is 27.8 Å². The molecule has 1 aromatic heterocycles. The lowest BCUT2D eigenvalue weighted by molar-refractivity contribution is 0.424. The van der Waals surface area contributed by atoms with Crippen LogP contribution in [0.1, 0.15) is 32.0 Å². The molecule has 0 saturated heterocycles. The zero-order chi connectivity index (χ0) is 11.8. The molecule has 0 aliphatic heterocycles. The molecular formula is C14H20N2. The maximum atomic E-state index is 3.54. The highest BCUT2D eigenvalue weighted by Gasteiger charge is 2.12. The summed E-state index contributed by atoms with van der Waals surface area (Å²) in [5, 5.41) is 4.87. The number of hydrogen-bond acceptors (Lipinski definition) is 1. The molecule has 0 aliphatic rings. The Morgan fingerprint density at radius 2 is 1.88 bits per heavy atom. The smallest absolute Gasteiger partial charge is 0.0459 e. The van der Waals surface area contributed by atoms with Gasteiger partial charge in [-0.15, -0.1) is 0 Å². The highest BCUT2D eigenvalue weighted by molar-refractivity contribution is 5.84. The molecule has 2 rings (SSSR count). The molecule has 2 aromatic rings. The number of aromatic nitrogens is 1. The number of H-pyrrole nitrogens is 1. The van der Waals surface area contributed by atoms with Crippen LogP contribution < -0.4 is 5.32 Å². The molecule has 2 N–H and O–H groups in total. The molecule has 0 atom stereocenters. The van der Waals surface area contributed by atoms with Crippen LogP contribution in [0.3, 0.4) is 0 Å². The highest BCUT2D eigenvalue weighted by atomic mass is 14.9. The van der Waals surface area contributed by atoms with E-state index in [2.05, 4.69) is 62.3 Å². The Bertz CT molecular complexity index is 489. The highest BCUT2D eigenvalue weighted by Crippen LogP contribution is 2.22. The van der Waals surface area contributed by atoms with Crippen molar-refractivity contribution >= 4 is 10.9 Å². The lowest BCUT2D eigenvalue weighted by atomic mass is 10.1. The third kappa shape index (κ3) is 2.27. The first-order chi connectivity index (χ1) is 7.47. The molecule has 0 unspecified atom stereocenters. The van der Waals surface area contributed by atoms with Crippen molar-refractivity contribution in [2.45, 2.75) is 39.8 Å². The zero-order valence-electron chi connectivity index (χ0n) is 10.5. The van der Waals surface area contributed by atoms with Crippen molar-refractivity contribution in [2.75, 3.05) is 0 Å². The van der Waals surface area contributed by atoms with E-state index in [0.717, 1.165) is 6.54 Å². The second kappa shape index (κ2) is 3.95. The molecule has 0 fully saturated rings. The van der Waals surface area contributed by atoms with Crippen LogP contribution in [-0.2, 0) is 6.54 Å². The summed E-state index contributed by atoms with van der Waals surface area (Å²) in [6, 6.07) is 8.47. The van der Waals surface area contributed by atoms with E-state index in [0.29, 0.717) is 0 Å². The van der Waals surface area contributed by atoms with Crippen molar-refractivity contribution in [3.05, 3.63) is 35.5 Å². The van der Waals surface area contributed by atoms with Gasteiger partial charge in [-0.25, -0.2) is 0 Å². The fourth-order valence-corrected chi connectivity index (χ4v) is 1.92. The first-order valence-electron chi connectivity index (χ1n) is 5.78. The van der Waals surface area contributed by atoms with Gasteiger partial charge in [0.1, 0.15) is 0 Å².